The van der Waals surface area contributed by atoms with Gasteiger partial charge in [0.25, 0.3) is 0 Å². The van der Waals surface area contributed by atoms with Crippen molar-refractivity contribution < 1.29 is 9.52 Å². The van der Waals surface area contributed by atoms with E-state index in [4.69, 9.17) is 9.52 Å². The van der Waals surface area contributed by atoms with Gasteiger partial charge in [0.1, 0.15) is 5.76 Å². The van der Waals surface area contributed by atoms with Crippen molar-refractivity contribution in [3.8, 4) is 0 Å². The van der Waals surface area contributed by atoms with Crippen LogP contribution >= 0.6 is 0 Å². The van der Waals surface area contributed by atoms with E-state index in [0.717, 1.165) is 18.7 Å². The first-order valence-corrected chi connectivity index (χ1v) is 4.65. The topological polar surface area (TPSA) is 45.4 Å². The van der Waals surface area contributed by atoms with E-state index >= 15 is 0 Å². The molecule has 1 heterocycles. The van der Waals surface area contributed by atoms with E-state index in [1.807, 2.05) is 19.1 Å². The third-order valence-corrected chi connectivity index (χ3v) is 1.98. The molecule has 0 fully saturated rings. The third kappa shape index (κ3) is 3.61. The lowest BCUT2D eigenvalue weighted by molar-refractivity contribution is 0.182. The SMILES string of the molecule is C[C@@H](O)CCN[C@H](C)c1ccco1. The Labute approximate surface area is 78.8 Å². The largest absolute Gasteiger partial charge is 0.468 e. The maximum atomic E-state index is 9.03. The highest BCUT2D eigenvalue weighted by molar-refractivity contribution is 5.02. The van der Waals surface area contributed by atoms with Crippen LogP contribution in [0.5, 0.6) is 0 Å². The zero-order valence-electron chi connectivity index (χ0n) is 8.16. The Morgan fingerprint density at radius 1 is 1.54 bits per heavy atom. The molecule has 1 rings (SSSR count). The van der Waals surface area contributed by atoms with Gasteiger partial charge in [-0.2, -0.15) is 0 Å². The number of furan rings is 1. The average molecular weight is 183 g/mol. The molecule has 0 aliphatic heterocycles. The van der Waals surface area contributed by atoms with Crippen LogP contribution in [0.15, 0.2) is 22.8 Å². The van der Waals surface area contributed by atoms with Crippen molar-refractivity contribution in [2.45, 2.75) is 32.4 Å². The first-order valence-electron chi connectivity index (χ1n) is 4.65. The summed E-state index contributed by atoms with van der Waals surface area (Å²) < 4.78 is 5.23. The highest BCUT2D eigenvalue weighted by Crippen LogP contribution is 2.11. The van der Waals surface area contributed by atoms with E-state index in [2.05, 4.69) is 5.32 Å². The molecule has 0 unspecified atom stereocenters. The number of aliphatic hydroxyl groups is 1. The van der Waals surface area contributed by atoms with E-state index in [9.17, 15) is 0 Å². The van der Waals surface area contributed by atoms with Crippen molar-refractivity contribution in [1.82, 2.24) is 5.32 Å². The summed E-state index contributed by atoms with van der Waals surface area (Å²) in [6, 6.07) is 4.04. The fraction of sp³-hybridized carbons (Fsp3) is 0.600. The normalized spacial score (nSPS) is 15.6. The van der Waals surface area contributed by atoms with Crippen LogP contribution in [-0.2, 0) is 0 Å². The molecule has 0 spiro atoms. The van der Waals surface area contributed by atoms with Crippen molar-refractivity contribution in [2.75, 3.05) is 6.54 Å². The van der Waals surface area contributed by atoms with Gasteiger partial charge in [0.2, 0.25) is 0 Å². The molecule has 0 aliphatic rings. The van der Waals surface area contributed by atoms with Crippen molar-refractivity contribution in [3.05, 3.63) is 24.2 Å². The second-order valence-corrected chi connectivity index (χ2v) is 3.33. The van der Waals surface area contributed by atoms with Gasteiger partial charge in [0.15, 0.2) is 0 Å². The van der Waals surface area contributed by atoms with Gasteiger partial charge in [0, 0.05) is 0 Å². The average Bonchev–Trinajstić information content (AvgIpc) is 2.55. The molecule has 0 amide bonds. The first kappa shape index (κ1) is 10.3. The first-order chi connectivity index (χ1) is 6.20. The summed E-state index contributed by atoms with van der Waals surface area (Å²) in [5, 5.41) is 12.3. The molecule has 3 nitrogen and oxygen atoms in total. The monoisotopic (exact) mass is 183 g/mol. The molecule has 74 valence electrons. The van der Waals surface area contributed by atoms with Crippen LogP contribution in [0.2, 0.25) is 0 Å². The van der Waals surface area contributed by atoms with Gasteiger partial charge < -0.3 is 14.8 Å². The van der Waals surface area contributed by atoms with Crippen LogP contribution in [0.3, 0.4) is 0 Å². The van der Waals surface area contributed by atoms with Gasteiger partial charge >= 0.3 is 0 Å². The molecular weight excluding hydrogens is 166 g/mol. The van der Waals surface area contributed by atoms with Crippen molar-refractivity contribution in [1.29, 1.82) is 0 Å². The Hall–Kier alpha value is -0.800. The molecule has 1 aromatic rings. The van der Waals surface area contributed by atoms with E-state index < -0.39 is 0 Å². The van der Waals surface area contributed by atoms with Crippen LogP contribution < -0.4 is 5.32 Å². The van der Waals surface area contributed by atoms with Gasteiger partial charge in [-0.1, -0.05) is 0 Å². The smallest absolute Gasteiger partial charge is 0.120 e. The van der Waals surface area contributed by atoms with Crippen molar-refractivity contribution in [3.63, 3.8) is 0 Å². The van der Waals surface area contributed by atoms with Gasteiger partial charge in [-0.15, -0.1) is 0 Å². The summed E-state index contributed by atoms with van der Waals surface area (Å²) in [4.78, 5) is 0. The zero-order valence-corrected chi connectivity index (χ0v) is 8.16. The van der Waals surface area contributed by atoms with Crippen LogP contribution in [0, 0.1) is 0 Å². The maximum absolute atomic E-state index is 9.03. The summed E-state index contributed by atoms with van der Waals surface area (Å²) in [7, 11) is 0. The van der Waals surface area contributed by atoms with E-state index in [0.29, 0.717) is 0 Å². The molecular formula is C10H17NO2. The summed E-state index contributed by atoms with van der Waals surface area (Å²) in [5.41, 5.74) is 0. The minimum Gasteiger partial charge on any atom is -0.468 e. The minimum absolute atomic E-state index is 0.216. The van der Waals surface area contributed by atoms with Gasteiger partial charge in [-0.05, 0) is 38.9 Å². The summed E-state index contributed by atoms with van der Waals surface area (Å²) in [6.07, 6.45) is 2.20. The zero-order chi connectivity index (χ0) is 9.68. The predicted octanol–water partition coefficient (Wildman–Crippen LogP) is 1.70. The summed E-state index contributed by atoms with van der Waals surface area (Å²) in [5.74, 6) is 0.936. The Morgan fingerprint density at radius 2 is 2.31 bits per heavy atom. The molecule has 1 aromatic heterocycles. The third-order valence-electron chi connectivity index (χ3n) is 1.98. The van der Waals surface area contributed by atoms with Crippen LogP contribution in [-0.4, -0.2) is 17.8 Å². The Bertz CT molecular complexity index is 219. The van der Waals surface area contributed by atoms with Crippen molar-refractivity contribution >= 4 is 0 Å². The number of nitrogens with one attached hydrogen (secondary N) is 1. The second kappa shape index (κ2) is 5.04. The molecule has 0 bridgehead atoms. The Kier molecular flexibility index (Phi) is 3.99. The van der Waals surface area contributed by atoms with E-state index in [1.54, 1.807) is 13.2 Å². The standard InChI is InChI=1S/C10H17NO2/c1-8(12)5-6-11-9(2)10-4-3-7-13-10/h3-4,7-9,11-12H,5-6H2,1-2H3/t8-,9-/m1/s1. The highest BCUT2D eigenvalue weighted by atomic mass is 16.3. The fourth-order valence-corrected chi connectivity index (χ4v) is 1.15. The number of hydrogen-bond donors (Lipinski definition) is 2. The summed E-state index contributed by atoms with van der Waals surface area (Å²) in [6.45, 7) is 4.64. The van der Waals surface area contributed by atoms with Gasteiger partial charge in [-0.25, -0.2) is 0 Å². The lowest BCUT2D eigenvalue weighted by Crippen LogP contribution is -2.22. The van der Waals surface area contributed by atoms with Crippen molar-refractivity contribution in [2.24, 2.45) is 0 Å². The molecule has 2 atom stereocenters. The molecule has 0 radical (unpaired) electrons. The predicted molar refractivity (Wildman–Crippen MR) is 51.4 cm³/mol. The number of rotatable bonds is 5. The summed E-state index contributed by atoms with van der Waals surface area (Å²) >= 11 is 0. The lowest BCUT2D eigenvalue weighted by Gasteiger charge is -2.11. The van der Waals surface area contributed by atoms with E-state index in [1.165, 1.54) is 0 Å². The van der Waals surface area contributed by atoms with E-state index in [-0.39, 0.29) is 12.1 Å². The minimum atomic E-state index is -0.240. The van der Waals surface area contributed by atoms with Crippen LogP contribution in [0.4, 0.5) is 0 Å². The van der Waals surface area contributed by atoms with Crippen LogP contribution in [0.25, 0.3) is 0 Å². The fourth-order valence-electron chi connectivity index (χ4n) is 1.15. The van der Waals surface area contributed by atoms with Gasteiger partial charge in [0.05, 0.1) is 18.4 Å². The molecule has 3 heteroatoms. The highest BCUT2D eigenvalue weighted by Gasteiger charge is 2.06. The lowest BCUT2D eigenvalue weighted by atomic mass is 10.2. The molecule has 0 aromatic carbocycles. The van der Waals surface area contributed by atoms with Gasteiger partial charge in [-0.3, -0.25) is 0 Å². The second-order valence-electron chi connectivity index (χ2n) is 3.33. The Balaban J connectivity index is 2.22. The molecule has 0 saturated carbocycles. The number of aliphatic hydroxyl groups excluding tert-OH is 1. The molecule has 13 heavy (non-hydrogen) atoms. The Morgan fingerprint density at radius 3 is 2.85 bits per heavy atom. The number of hydrogen-bond acceptors (Lipinski definition) is 3. The van der Waals surface area contributed by atoms with Crippen LogP contribution in [0.1, 0.15) is 32.1 Å². The molecule has 0 aliphatic carbocycles. The quantitative estimate of drug-likeness (QED) is 0.730. The molecule has 2 N–H and O–H groups in total. The maximum Gasteiger partial charge on any atom is 0.120 e. The molecule has 0 saturated heterocycles.